The minimum atomic E-state index is -0.284. The first-order chi connectivity index (χ1) is 10.6. The smallest absolute Gasteiger partial charge is 0.268 e. The van der Waals surface area contributed by atoms with Crippen molar-refractivity contribution in [3.63, 3.8) is 0 Å². The number of carbonyl (C=O) groups is 2. The summed E-state index contributed by atoms with van der Waals surface area (Å²) >= 11 is 6.78. The van der Waals surface area contributed by atoms with E-state index in [1.165, 1.54) is 4.90 Å². The largest absolute Gasteiger partial charge is 0.293 e. The molecular weight excluding hydrogens is 320 g/mol. The molecule has 0 saturated carbocycles. The van der Waals surface area contributed by atoms with Gasteiger partial charge >= 0.3 is 0 Å². The molecule has 1 aromatic carbocycles. The first-order valence-electron chi connectivity index (χ1n) is 6.53. The third kappa shape index (κ3) is 3.21. The van der Waals surface area contributed by atoms with Crippen molar-refractivity contribution in [1.82, 2.24) is 9.88 Å². The van der Waals surface area contributed by atoms with Crippen molar-refractivity contribution in [3.8, 4) is 0 Å². The number of hydrogen-bond acceptors (Lipinski definition) is 4. The van der Waals surface area contributed by atoms with E-state index < -0.39 is 0 Å². The summed E-state index contributed by atoms with van der Waals surface area (Å²) in [6, 6.07) is 10.7. The van der Waals surface area contributed by atoms with Gasteiger partial charge in [-0.3, -0.25) is 19.5 Å². The molecule has 1 saturated heterocycles. The van der Waals surface area contributed by atoms with Gasteiger partial charge in [-0.25, -0.2) is 0 Å². The molecule has 110 valence electrons. The second kappa shape index (κ2) is 6.34. The number of aromatic nitrogens is 1. The number of thioether (sulfide) groups is 1. The van der Waals surface area contributed by atoms with Gasteiger partial charge in [-0.1, -0.05) is 29.8 Å². The molecule has 0 bridgehead atoms. The average Bonchev–Trinajstić information content (AvgIpc) is 2.78. The Morgan fingerprint density at radius 3 is 2.64 bits per heavy atom. The number of rotatable bonds is 3. The van der Waals surface area contributed by atoms with Gasteiger partial charge in [0.25, 0.3) is 11.1 Å². The van der Waals surface area contributed by atoms with Crippen LogP contribution in [-0.4, -0.2) is 21.0 Å². The van der Waals surface area contributed by atoms with Crippen molar-refractivity contribution < 1.29 is 9.59 Å². The Morgan fingerprint density at radius 2 is 1.95 bits per heavy atom. The number of imide groups is 1. The Morgan fingerprint density at radius 1 is 1.18 bits per heavy atom. The summed E-state index contributed by atoms with van der Waals surface area (Å²) in [5.74, 6) is -0.284. The standard InChI is InChI=1S/C16H11ClN2O2S/c17-13-5-3-11(4-6-13)10-19-15(20)14(22-16(19)21)8-12-2-1-7-18-9-12/h1-9H,10H2/b14-8+. The van der Waals surface area contributed by atoms with Crippen molar-refractivity contribution in [1.29, 1.82) is 0 Å². The highest BCUT2D eigenvalue weighted by Gasteiger charge is 2.34. The Hall–Kier alpha value is -2.11. The van der Waals surface area contributed by atoms with E-state index in [4.69, 9.17) is 11.6 Å². The Labute approximate surface area is 136 Å². The van der Waals surface area contributed by atoms with Gasteiger partial charge in [0.1, 0.15) is 0 Å². The fraction of sp³-hybridized carbons (Fsp3) is 0.0625. The number of amides is 2. The van der Waals surface area contributed by atoms with Crippen molar-refractivity contribution >= 4 is 40.6 Å². The fourth-order valence-corrected chi connectivity index (χ4v) is 2.99. The first-order valence-corrected chi connectivity index (χ1v) is 7.73. The fourth-order valence-electron chi connectivity index (χ4n) is 2.02. The Kier molecular flexibility index (Phi) is 4.27. The molecule has 2 aromatic rings. The molecule has 22 heavy (non-hydrogen) atoms. The van der Waals surface area contributed by atoms with Crippen LogP contribution in [0.4, 0.5) is 4.79 Å². The molecule has 1 aliphatic heterocycles. The van der Waals surface area contributed by atoms with Gasteiger partial charge in [0.15, 0.2) is 0 Å². The van der Waals surface area contributed by atoms with Gasteiger partial charge in [-0.05, 0) is 47.2 Å². The number of hydrogen-bond donors (Lipinski definition) is 0. The van der Waals surface area contributed by atoms with Crippen LogP contribution < -0.4 is 0 Å². The van der Waals surface area contributed by atoms with E-state index in [1.54, 1.807) is 48.8 Å². The first kappa shape index (κ1) is 14.8. The lowest BCUT2D eigenvalue weighted by Gasteiger charge is -2.12. The average molecular weight is 331 g/mol. The quantitative estimate of drug-likeness (QED) is 0.799. The zero-order valence-electron chi connectivity index (χ0n) is 11.4. The summed E-state index contributed by atoms with van der Waals surface area (Å²) in [5.41, 5.74) is 1.65. The SMILES string of the molecule is O=C1S/C(=C/c2cccnc2)C(=O)N1Cc1ccc(Cl)cc1. The maximum Gasteiger partial charge on any atom is 0.293 e. The molecule has 0 aliphatic carbocycles. The van der Waals surface area contributed by atoms with Gasteiger partial charge in [0.2, 0.25) is 0 Å². The highest BCUT2D eigenvalue weighted by molar-refractivity contribution is 8.18. The maximum atomic E-state index is 12.4. The minimum absolute atomic E-state index is 0.242. The molecule has 3 rings (SSSR count). The van der Waals surface area contributed by atoms with E-state index in [9.17, 15) is 9.59 Å². The molecule has 1 fully saturated rings. The predicted molar refractivity (Wildman–Crippen MR) is 87.2 cm³/mol. The molecular formula is C16H11ClN2O2S. The second-order valence-electron chi connectivity index (χ2n) is 4.68. The van der Waals surface area contributed by atoms with Crippen LogP contribution in [0.5, 0.6) is 0 Å². The molecule has 1 aromatic heterocycles. The molecule has 0 unspecified atom stereocenters. The van der Waals surface area contributed by atoms with Crippen LogP contribution in [0, 0.1) is 0 Å². The normalized spacial score (nSPS) is 16.6. The summed E-state index contributed by atoms with van der Waals surface area (Å²) in [7, 11) is 0. The summed E-state index contributed by atoms with van der Waals surface area (Å²) in [6.45, 7) is 0.242. The Balaban J connectivity index is 1.80. The highest BCUT2D eigenvalue weighted by Crippen LogP contribution is 2.33. The van der Waals surface area contributed by atoms with E-state index in [2.05, 4.69) is 4.98 Å². The zero-order valence-corrected chi connectivity index (χ0v) is 13.0. The number of nitrogens with zero attached hydrogens (tertiary/aromatic N) is 2. The van der Waals surface area contributed by atoms with Crippen molar-refractivity contribution in [2.24, 2.45) is 0 Å². The number of halogens is 1. The lowest BCUT2D eigenvalue weighted by molar-refractivity contribution is -0.123. The lowest BCUT2D eigenvalue weighted by atomic mass is 10.2. The summed E-state index contributed by atoms with van der Waals surface area (Å²) in [4.78, 5) is 30.0. The lowest BCUT2D eigenvalue weighted by Crippen LogP contribution is -2.27. The predicted octanol–water partition coefficient (Wildman–Crippen LogP) is 3.97. The summed E-state index contributed by atoms with van der Waals surface area (Å²) in [6.07, 6.45) is 4.98. The highest BCUT2D eigenvalue weighted by atomic mass is 35.5. The van der Waals surface area contributed by atoms with Crippen LogP contribution in [0.1, 0.15) is 11.1 Å². The van der Waals surface area contributed by atoms with Gasteiger partial charge in [0, 0.05) is 17.4 Å². The topological polar surface area (TPSA) is 50.3 Å². The van der Waals surface area contributed by atoms with E-state index in [1.807, 2.05) is 6.07 Å². The molecule has 0 N–H and O–H groups in total. The number of carbonyl (C=O) groups excluding carboxylic acids is 2. The Bertz CT molecular complexity index is 745. The van der Waals surface area contributed by atoms with Crippen LogP contribution in [0.2, 0.25) is 5.02 Å². The third-order valence-corrected chi connectivity index (χ3v) is 4.27. The van der Waals surface area contributed by atoms with Crippen LogP contribution in [0.15, 0.2) is 53.7 Å². The molecule has 6 heteroatoms. The van der Waals surface area contributed by atoms with Crippen LogP contribution in [-0.2, 0) is 11.3 Å². The molecule has 2 amide bonds. The monoisotopic (exact) mass is 330 g/mol. The summed E-state index contributed by atoms with van der Waals surface area (Å²) in [5, 5.41) is 0.351. The number of pyridine rings is 1. The molecule has 0 spiro atoms. The minimum Gasteiger partial charge on any atom is -0.268 e. The van der Waals surface area contributed by atoms with E-state index in [0.29, 0.717) is 9.93 Å². The van der Waals surface area contributed by atoms with Crippen molar-refractivity contribution in [2.45, 2.75) is 6.54 Å². The van der Waals surface area contributed by atoms with Crippen LogP contribution in [0.25, 0.3) is 6.08 Å². The zero-order chi connectivity index (χ0) is 15.5. The van der Waals surface area contributed by atoms with E-state index >= 15 is 0 Å². The van der Waals surface area contributed by atoms with Gasteiger partial charge in [-0.2, -0.15) is 0 Å². The molecule has 0 atom stereocenters. The van der Waals surface area contributed by atoms with Crippen molar-refractivity contribution in [2.75, 3.05) is 0 Å². The third-order valence-electron chi connectivity index (χ3n) is 3.11. The van der Waals surface area contributed by atoms with E-state index in [0.717, 1.165) is 22.9 Å². The van der Waals surface area contributed by atoms with Gasteiger partial charge in [-0.15, -0.1) is 0 Å². The second-order valence-corrected chi connectivity index (χ2v) is 6.11. The maximum absolute atomic E-state index is 12.4. The molecule has 1 aliphatic rings. The van der Waals surface area contributed by atoms with Gasteiger partial charge < -0.3 is 0 Å². The van der Waals surface area contributed by atoms with E-state index in [-0.39, 0.29) is 17.7 Å². The summed E-state index contributed by atoms with van der Waals surface area (Å²) < 4.78 is 0. The molecule has 4 nitrogen and oxygen atoms in total. The molecule has 0 radical (unpaired) electrons. The number of benzene rings is 1. The van der Waals surface area contributed by atoms with Crippen LogP contribution in [0.3, 0.4) is 0 Å². The van der Waals surface area contributed by atoms with Crippen molar-refractivity contribution in [3.05, 3.63) is 69.8 Å². The van der Waals surface area contributed by atoms with Crippen LogP contribution >= 0.6 is 23.4 Å². The van der Waals surface area contributed by atoms with Gasteiger partial charge in [0.05, 0.1) is 11.4 Å². The molecule has 2 heterocycles.